The number of nitrogens with zero attached hydrogens (tertiary/aromatic N) is 1. The second-order valence-corrected chi connectivity index (χ2v) is 3.05. The highest BCUT2D eigenvalue weighted by Crippen LogP contribution is 2.25. The first-order valence-corrected chi connectivity index (χ1v) is 4.31. The summed E-state index contributed by atoms with van der Waals surface area (Å²) in [5, 5.41) is 0. The van der Waals surface area contributed by atoms with E-state index in [9.17, 15) is 0 Å². The van der Waals surface area contributed by atoms with E-state index in [2.05, 4.69) is 17.0 Å². The molecule has 0 amide bonds. The van der Waals surface area contributed by atoms with Crippen molar-refractivity contribution in [1.29, 1.82) is 0 Å². The molecule has 0 saturated carbocycles. The van der Waals surface area contributed by atoms with Crippen LogP contribution in [0.5, 0.6) is 5.88 Å². The number of hydrogen-bond donors (Lipinski definition) is 2. The van der Waals surface area contributed by atoms with E-state index in [0.29, 0.717) is 5.88 Å². The number of rotatable bonds is 4. The molecule has 1 aromatic rings. The Kier molecular flexibility index (Phi) is 3.62. The Morgan fingerprint density at radius 3 is 2.93 bits per heavy atom. The predicted octanol–water partition coefficient (Wildman–Crippen LogP) is 1.17. The van der Waals surface area contributed by atoms with Crippen molar-refractivity contribution in [3.8, 4) is 5.88 Å². The number of pyridine rings is 1. The fourth-order valence-electron chi connectivity index (χ4n) is 1.29. The van der Waals surface area contributed by atoms with Gasteiger partial charge in [0.05, 0.1) is 13.2 Å². The highest BCUT2D eigenvalue weighted by molar-refractivity contribution is 5.33. The second kappa shape index (κ2) is 4.74. The molecule has 0 radical (unpaired) electrons. The average Bonchev–Trinajstić information content (AvgIpc) is 2.19. The Labute approximate surface area is 83.8 Å². The molecule has 0 saturated heterocycles. The van der Waals surface area contributed by atoms with Gasteiger partial charge in [-0.25, -0.2) is 10.4 Å². The Bertz CT molecular complexity index is 325. The van der Waals surface area contributed by atoms with Gasteiger partial charge in [-0.2, -0.15) is 0 Å². The molecule has 0 spiro atoms. The molecule has 0 aromatic carbocycles. The van der Waals surface area contributed by atoms with Crippen LogP contribution in [-0.4, -0.2) is 12.1 Å². The molecule has 76 valence electrons. The van der Waals surface area contributed by atoms with Crippen molar-refractivity contribution in [2.75, 3.05) is 7.11 Å². The van der Waals surface area contributed by atoms with Crippen LogP contribution in [0.15, 0.2) is 30.5 Å². The van der Waals surface area contributed by atoms with Crippen LogP contribution in [0.25, 0.3) is 0 Å². The summed E-state index contributed by atoms with van der Waals surface area (Å²) in [6.45, 7) is 5.75. The normalized spacial score (nSPS) is 12.2. The Morgan fingerprint density at radius 2 is 2.43 bits per heavy atom. The lowest BCUT2D eigenvalue weighted by molar-refractivity contribution is 0.387. The summed E-state index contributed by atoms with van der Waals surface area (Å²) in [6.07, 6.45) is 1.67. The molecule has 0 aliphatic carbocycles. The molecule has 14 heavy (non-hydrogen) atoms. The summed E-state index contributed by atoms with van der Waals surface area (Å²) in [5.74, 6) is 6.00. The molecule has 0 bridgehead atoms. The minimum absolute atomic E-state index is 0.126. The molecule has 4 nitrogen and oxygen atoms in total. The van der Waals surface area contributed by atoms with Gasteiger partial charge in [-0.15, -0.1) is 0 Å². The number of hydrazine groups is 1. The van der Waals surface area contributed by atoms with Gasteiger partial charge in [0.1, 0.15) is 0 Å². The van der Waals surface area contributed by atoms with Crippen LogP contribution < -0.4 is 16.0 Å². The zero-order chi connectivity index (χ0) is 10.6. The van der Waals surface area contributed by atoms with Crippen molar-refractivity contribution in [2.24, 2.45) is 5.84 Å². The number of aromatic nitrogens is 1. The van der Waals surface area contributed by atoms with E-state index in [4.69, 9.17) is 10.6 Å². The quantitative estimate of drug-likeness (QED) is 0.428. The summed E-state index contributed by atoms with van der Waals surface area (Å²) in [4.78, 5) is 4.09. The van der Waals surface area contributed by atoms with Gasteiger partial charge in [0.25, 0.3) is 0 Å². The molecule has 1 aromatic heterocycles. The highest BCUT2D eigenvalue weighted by Gasteiger charge is 2.15. The van der Waals surface area contributed by atoms with Crippen molar-refractivity contribution < 1.29 is 4.74 Å². The monoisotopic (exact) mass is 193 g/mol. The van der Waals surface area contributed by atoms with Crippen molar-refractivity contribution >= 4 is 0 Å². The molecular weight excluding hydrogens is 178 g/mol. The number of methoxy groups -OCH3 is 1. The van der Waals surface area contributed by atoms with Gasteiger partial charge in [0.15, 0.2) is 0 Å². The van der Waals surface area contributed by atoms with Gasteiger partial charge in [0, 0.05) is 11.8 Å². The Morgan fingerprint density at radius 1 is 1.71 bits per heavy atom. The van der Waals surface area contributed by atoms with E-state index in [1.54, 1.807) is 13.3 Å². The number of nitrogens with one attached hydrogen (secondary N) is 1. The van der Waals surface area contributed by atoms with Crippen molar-refractivity contribution in [1.82, 2.24) is 10.4 Å². The van der Waals surface area contributed by atoms with Crippen LogP contribution >= 0.6 is 0 Å². The number of hydrogen-bond acceptors (Lipinski definition) is 4. The zero-order valence-corrected chi connectivity index (χ0v) is 8.45. The van der Waals surface area contributed by atoms with Crippen LogP contribution in [0.4, 0.5) is 0 Å². The van der Waals surface area contributed by atoms with E-state index in [1.165, 1.54) is 0 Å². The lowest BCUT2D eigenvalue weighted by Gasteiger charge is -2.17. The smallest absolute Gasteiger partial charge is 0.218 e. The molecule has 1 rings (SSSR count). The maximum absolute atomic E-state index is 5.44. The van der Waals surface area contributed by atoms with E-state index in [-0.39, 0.29) is 6.04 Å². The Balaban J connectivity index is 3.08. The van der Waals surface area contributed by atoms with Crippen LogP contribution in [0.1, 0.15) is 18.5 Å². The minimum Gasteiger partial charge on any atom is -0.481 e. The summed E-state index contributed by atoms with van der Waals surface area (Å²) < 4.78 is 5.13. The molecule has 1 heterocycles. The summed E-state index contributed by atoms with van der Waals surface area (Å²) in [5.41, 5.74) is 4.48. The Hall–Kier alpha value is -1.39. The van der Waals surface area contributed by atoms with Gasteiger partial charge < -0.3 is 4.74 Å². The van der Waals surface area contributed by atoms with E-state index in [0.717, 1.165) is 11.1 Å². The standard InChI is InChI=1S/C10H15N3O/c1-7(2)9(13-11)8-5-4-6-12-10(8)14-3/h4-6,9,13H,1,11H2,2-3H3. The van der Waals surface area contributed by atoms with E-state index < -0.39 is 0 Å². The lowest BCUT2D eigenvalue weighted by atomic mass is 10.0. The molecule has 1 unspecified atom stereocenters. The third-order valence-corrected chi connectivity index (χ3v) is 1.96. The lowest BCUT2D eigenvalue weighted by Crippen LogP contribution is -2.29. The van der Waals surface area contributed by atoms with Crippen LogP contribution in [0, 0.1) is 0 Å². The summed E-state index contributed by atoms with van der Waals surface area (Å²) >= 11 is 0. The first-order chi connectivity index (χ1) is 6.70. The maximum atomic E-state index is 5.44. The zero-order valence-electron chi connectivity index (χ0n) is 8.45. The van der Waals surface area contributed by atoms with Crippen LogP contribution in [0.2, 0.25) is 0 Å². The molecule has 0 aliphatic rings. The van der Waals surface area contributed by atoms with Crippen LogP contribution in [-0.2, 0) is 0 Å². The molecule has 0 fully saturated rings. The highest BCUT2D eigenvalue weighted by atomic mass is 16.5. The van der Waals surface area contributed by atoms with Crippen LogP contribution in [0.3, 0.4) is 0 Å². The topological polar surface area (TPSA) is 60.2 Å². The van der Waals surface area contributed by atoms with Gasteiger partial charge in [0.2, 0.25) is 5.88 Å². The van der Waals surface area contributed by atoms with Crippen molar-refractivity contribution in [3.05, 3.63) is 36.0 Å². The minimum atomic E-state index is -0.126. The van der Waals surface area contributed by atoms with E-state index >= 15 is 0 Å². The molecular formula is C10H15N3O. The fraction of sp³-hybridized carbons (Fsp3) is 0.300. The van der Waals surface area contributed by atoms with Gasteiger partial charge in [-0.3, -0.25) is 5.84 Å². The van der Waals surface area contributed by atoms with Crippen molar-refractivity contribution in [2.45, 2.75) is 13.0 Å². The predicted molar refractivity (Wildman–Crippen MR) is 55.7 cm³/mol. The van der Waals surface area contributed by atoms with E-state index in [1.807, 2.05) is 19.1 Å². The number of ether oxygens (including phenoxy) is 1. The molecule has 0 aliphatic heterocycles. The average molecular weight is 193 g/mol. The second-order valence-electron chi connectivity index (χ2n) is 3.05. The third kappa shape index (κ3) is 2.10. The van der Waals surface area contributed by atoms with Gasteiger partial charge in [-0.05, 0) is 13.0 Å². The number of nitrogens with two attached hydrogens (primary N) is 1. The summed E-state index contributed by atoms with van der Waals surface area (Å²) in [6, 6.07) is 3.62. The molecule has 4 heteroatoms. The van der Waals surface area contributed by atoms with Gasteiger partial charge in [-0.1, -0.05) is 18.2 Å². The first kappa shape index (κ1) is 10.7. The maximum Gasteiger partial charge on any atom is 0.218 e. The molecule has 1 atom stereocenters. The van der Waals surface area contributed by atoms with Crippen molar-refractivity contribution in [3.63, 3.8) is 0 Å². The first-order valence-electron chi connectivity index (χ1n) is 4.31. The fourth-order valence-corrected chi connectivity index (χ4v) is 1.29. The third-order valence-electron chi connectivity index (χ3n) is 1.96. The SMILES string of the molecule is C=C(C)C(NN)c1cccnc1OC. The summed E-state index contributed by atoms with van der Waals surface area (Å²) in [7, 11) is 1.58. The largest absolute Gasteiger partial charge is 0.481 e. The molecule has 3 N–H and O–H groups in total. The van der Waals surface area contributed by atoms with Gasteiger partial charge >= 0.3 is 0 Å².